The Bertz CT molecular complexity index is 604. The molecule has 0 bridgehead atoms. The van der Waals surface area contributed by atoms with E-state index in [2.05, 4.69) is 35.2 Å². The number of thiophene rings is 1. The van der Waals surface area contributed by atoms with E-state index in [9.17, 15) is 0 Å². The standard InChI is InChI=1S/C14H18ClN3S/c1-3-4-14(5-6-14)8-16-11-10-7-9(2)19-12(10)18-13(15)17-11/h7H,3-6,8H2,1-2H3,(H,16,17,18). The lowest BCUT2D eigenvalue weighted by molar-refractivity contribution is 0.485. The molecule has 0 aromatic carbocycles. The third-order valence-corrected chi connectivity index (χ3v) is 4.97. The minimum atomic E-state index is 0.331. The summed E-state index contributed by atoms with van der Waals surface area (Å²) in [5.41, 5.74) is 0.504. The van der Waals surface area contributed by atoms with Crippen molar-refractivity contribution in [1.29, 1.82) is 0 Å². The lowest BCUT2D eigenvalue weighted by atomic mass is 10.0. The van der Waals surface area contributed by atoms with Gasteiger partial charge in [-0.25, -0.2) is 9.97 Å². The van der Waals surface area contributed by atoms with E-state index in [-0.39, 0.29) is 0 Å². The fourth-order valence-corrected chi connectivity index (χ4v) is 3.74. The zero-order valence-electron chi connectivity index (χ0n) is 11.3. The smallest absolute Gasteiger partial charge is 0.225 e. The van der Waals surface area contributed by atoms with Crippen LogP contribution in [0.4, 0.5) is 5.82 Å². The molecule has 102 valence electrons. The van der Waals surface area contributed by atoms with E-state index in [4.69, 9.17) is 11.6 Å². The molecule has 2 aromatic heterocycles. The number of aryl methyl sites for hydroxylation is 1. The number of fused-ring (bicyclic) bond motifs is 1. The lowest BCUT2D eigenvalue weighted by Crippen LogP contribution is -2.16. The summed E-state index contributed by atoms with van der Waals surface area (Å²) >= 11 is 7.67. The largest absolute Gasteiger partial charge is 0.369 e. The maximum atomic E-state index is 6.00. The summed E-state index contributed by atoms with van der Waals surface area (Å²) in [6.45, 7) is 5.34. The first kappa shape index (κ1) is 13.1. The van der Waals surface area contributed by atoms with Crippen molar-refractivity contribution < 1.29 is 0 Å². The van der Waals surface area contributed by atoms with Crippen LogP contribution in [-0.4, -0.2) is 16.5 Å². The van der Waals surface area contributed by atoms with Gasteiger partial charge in [0.05, 0.1) is 5.39 Å². The zero-order chi connectivity index (χ0) is 13.5. The monoisotopic (exact) mass is 295 g/mol. The molecule has 1 N–H and O–H groups in total. The van der Waals surface area contributed by atoms with Crippen molar-refractivity contribution in [2.45, 2.75) is 39.5 Å². The van der Waals surface area contributed by atoms with Crippen LogP contribution in [0.3, 0.4) is 0 Å². The molecule has 2 aromatic rings. The molecule has 0 saturated heterocycles. The molecule has 3 rings (SSSR count). The fraction of sp³-hybridized carbons (Fsp3) is 0.571. The van der Waals surface area contributed by atoms with Crippen molar-refractivity contribution in [3.63, 3.8) is 0 Å². The molecule has 0 amide bonds. The van der Waals surface area contributed by atoms with Gasteiger partial charge in [-0.05, 0) is 49.3 Å². The Morgan fingerprint density at radius 3 is 2.89 bits per heavy atom. The number of nitrogens with zero attached hydrogens (tertiary/aromatic N) is 2. The third-order valence-electron chi connectivity index (χ3n) is 3.86. The first-order valence-corrected chi connectivity index (χ1v) is 7.99. The molecular weight excluding hydrogens is 278 g/mol. The van der Waals surface area contributed by atoms with Gasteiger partial charge in [-0.2, -0.15) is 0 Å². The van der Waals surface area contributed by atoms with Crippen LogP contribution in [0.25, 0.3) is 10.2 Å². The van der Waals surface area contributed by atoms with Crippen LogP contribution in [0.1, 0.15) is 37.5 Å². The molecule has 5 heteroatoms. The summed E-state index contributed by atoms with van der Waals surface area (Å²) in [5.74, 6) is 0.890. The molecule has 0 radical (unpaired) electrons. The summed E-state index contributed by atoms with van der Waals surface area (Å²) in [5, 5.41) is 4.93. The molecule has 1 saturated carbocycles. The van der Waals surface area contributed by atoms with Crippen LogP contribution >= 0.6 is 22.9 Å². The second kappa shape index (κ2) is 4.91. The maximum absolute atomic E-state index is 6.00. The van der Waals surface area contributed by atoms with Gasteiger partial charge in [-0.3, -0.25) is 0 Å². The predicted molar refractivity (Wildman–Crippen MR) is 82.2 cm³/mol. The summed E-state index contributed by atoms with van der Waals surface area (Å²) in [4.78, 5) is 10.9. The number of halogens is 1. The van der Waals surface area contributed by atoms with Crippen molar-refractivity contribution in [3.05, 3.63) is 16.2 Å². The molecule has 3 nitrogen and oxygen atoms in total. The van der Waals surface area contributed by atoms with E-state index in [0.717, 1.165) is 22.6 Å². The van der Waals surface area contributed by atoms with Gasteiger partial charge in [0.25, 0.3) is 0 Å². The van der Waals surface area contributed by atoms with Crippen LogP contribution in [0.5, 0.6) is 0 Å². The molecule has 1 fully saturated rings. The second-order valence-corrected chi connectivity index (χ2v) is 7.09. The average molecular weight is 296 g/mol. The first-order valence-electron chi connectivity index (χ1n) is 6.79. The Morgan fingerprint density at radius 2 is 2.21 bits per heavy atom. The molecular formula is C14H18ClN3S. The SMILES string of the molecule is CCCC1(CNc2nc(Cl)nc3sc(C)cc23)CC1. The van der Waals surface area contributed by atoms with Crippen molar-refractivity contribution in [3.8, 4) is 0 Å². The van der Waals surface area contributed by atoms with E-state index in [1.54, 1.807) is 11.3 Å². The van der Waals surface area contributed by atoms with Gasteiger partial charge in [0.2, 0.25) is 5.28 Å². The Kier molecular flexibility index (Phi) is 3.39. The molecule has 1 aliphatic rings. The number of hydrogen-bond donors (Lipinski definition) is 1. The summed E-state index contributed by atoms with van der Waals surface area (Å²) < 4.78 is 0. The topological polar surface area (TPSA) is 37.8 Å². The van der Waals surface area contributed by atoms with Gasteiger partial charge in [-0.15, -0.1) is 11.3 Å². The molecule has 1 aliphatic carbocycles. The average Bonchev–Trinajstić information content (AvgIpc) is 3.01. The number of rotatable bonds is 5. The van der Waals surface area contributed by atoms with E-state index >= 15 is 0 Å². The van der Waals surface area contributed by atoms with Gasteiger partial charge in [-0.1, -0.05) is 13.3 Å². The van der Waals surface area contributed by atoms with E-state index in [1.807, 2.05) is 0 Å². The normalized spacial score (nSPS) is 16.8. The van der Waals surface area contributed by atoms with Crippen LogP contribution in [0, 0.1) is 12.3 Å². The summed E-state index contributed by atoms with van der Waals surface area (Å²) in [6.07, 6.45) is 5.21. The minimum Gasteiger partial charge on any atom is -0.369 e. The Labute approximate surface area is 122 Å². The number of hydrogen-bond acceptors (Lipinski definition) is 4. The van der Waals surface area contributed by atoms with Crippen LogP contribution in [0.2, 0.25) is 5.28 Å². The Hall–Kier alpha value is -0.870. The summed E-state index contributed by atoms with van der Waals surface area (Å²) in [7, 11) is 0. The highest BCUT2D eigenvalue weighted by atomic mass is 35.5. The van der Waals surface area contributed by atoms with Gasteiger partial charge in [0.1, 0.15) is 10.6 Å². The van der Waals surface area contributed by atoms with E-state index < -0.39 is 0 Å². The predicted octanol–water partition coefficient (Wildman–Crippen LogP) is 4.65. The Balaban J connectivity index is 1.84. The Morgan fingerprint density at radius 1 is 1.42 bits per heavy atom. The van der Waals surface area contributed by atoms with Crippen LogP contribution in [0.15, 0.2) is 6.07 Å². The second-order valence-electron chi connectivity index (χ2n) is 5.52. The molecule has 0 atom stereocenters. The molecule has 2 heterocycles. The van der Waals surface area contributed by atoms with Crippen molar-refractivity contribution in [1.82, 2.24) is 9.97 Å². The van der Waals surface area contributed by atoms with Crippen molar-refractivity contribution >= 4 is 39.0 Å². The van der Waals surface area contributed by atoms with Crippen LogP contribution < -0.4 is 5.32 Å². The highest BCUT2D eigenvalue weighted by molar-refractivity contribution is 7.18. The van der Waals surface area contributed by atoms with Gasteiger partial charge < -0.3 is 5.32 Å². The molecule has 0 spiro atoms. The minimum absolute atomic E-state index is 0.331. The van der Waals surface area contributed by atoms with Gasteiger partial charge in [0, 0.05) is 11.4 Å². The van der Waals surface area contributed by atoms with Crippen molar-refractivity contribution in [2.24, 2.45) is 5.41 Å². The number of aromatic nitrogens is 2. The zero-order valence-corrected chi connectivity index (χ0v) is 12.9. The summed E-state index contributed by atoms with van der Waals surface area (Å²) in [6, 6.07) is 2.14. The number of anilines is 1. The maximum Gasteiger partial charge on any atom is 0.225 e. The van der Waals surface area contributed by atoms with Gasteiger partial charge in [0.15, 0.2) is 0 Å². The lowest BCUT2D eigenvalue weighted by Gasteiger charge is -2.15. The first-order chi connectivity index (χ1) is 9.12. The highest BCUT2D eigenvalue weighted by Gasteiger charge is 2.41. The quantitative estimate of drug-likeness (QED) is 0.816. The molecule has 19 heavy (non-hydrogen) atoms. The van der Waals surface area contributed by atoms with Gasteiger partial charge >= 0.3 is 0 Å². The van der Waals surface area contributed by atoms with E-state index in [1.165, 1.54) is 30.6 Å². The van der Waals surface area contributed by atoms with Crippen LogP contribution in [-0.2, 0) is 0 Å². The molecule has 0 aliphatic heterocycles. The van der Waals surface area contributed by atoms with Crippen molar-refractivity contribution in [2.75, 3.05) is 11.9 Å². The third kappa shape index (κ3) is 2.70. The highest BCUT2D eigenvalue weighted by Crippen LogP contribution is 2.49. The number of nitrogens with one attached hydrogen (secondary N) is 1. The molecule has 0 unspecified atom stereocenters. The fourth-order valence-electron chi connectivity index (χ4n) is 2.64. The van der Waals surface area contributed by atoms with E-state index in [0.29, 0.717) is 10.7 Å².